The highest BCUT2D eigenvalue weighted by Gasteiger charge is 2.12. The van der Waals surface area contributed by atoms with Gasteiger partial charge in [0, 0.05) is 13.2 Å². The summed E-state index contributed by atoms with van der Waals surface area (Å²) >= 11 is 0. The van der Waals surface area contributed by atoms with Crippen LogP contribution in [0.4, 0.5) is 0 Å². The van der Waals surface area contributed by atoms with Crippen LogP contribution in [0.1, 0.15) is 57.9 Å². The van der Waals surface area contributed by atoms with E-state index in [1.54, 1.807) is 0 Å². The predicted octanol–water partition coefficient (Wildman–Crippen LogP) is 4.86. The van der Waals surface area contributed by atoms with Crippen molar-refractivity contribution in [1.82, 2.24) is 0 Å². The summed E-state index contributed by atoms with van der Waals surface area (Å²) in [5.41, 5.74) is 1.46. The van der Waals surface area contributed by atoms with Crippen LogP contribution in [0.5, 0.6) is 0 Å². The highest BCUT2D eigenvalue weighted by atomic mass is 28.3. The van der Waals surface area contributed by atoms with Crippen molar-refractivity contribution in [3.63, 3.8) is 0 Å². The van der Waals surface area contributed by atoms with E-state index in [4.69, 9.17) is 8.85 Å². The van der Waals surface area contributed by atoms with Gasteiger partial charge in [-0.2, -0.15) is 0 Å². The third kappa shape index (κ3) is 9.83. The lowest BCUT2D eigenvalue weighted by Crippen LogP contribution is -2.23. The summed E-state index contributed by atoms with van der Waals surface area (Å²) in [7, 11) is -1.38. The van der Waals surface area contributed by atoms with Crippen LogP contribution in [-0.2, 0) is 15.3 Å². The van der Waals surface area contributed by atoms with Gasteiger partial charge in [0.15, 0.2) is 0 Å². The first-order valence-corrected chi connectivity index (χ1v) is 10.4. The monoisotopic (exact) mass is 308 g/mol. The van der Waals surface area contributed by atoms with Gasteiger partial charge in [-0.05, 0) is 37.3 Å². The minimum absolute atomic E-state index is 0.870. The number of aryl methyl sites for hydroxylation is 1. The molecule has 0 aromatic heterocycles. The summed E-state index contributed by atoms with van der Waals surface area (Å²) in [6.07, 6.45) is 8.58. The first-order valence-electron chi connectivity index (χ1n) is 8.64. The zero-order valence-corrected chi connectivity index (χ0v) is 15.0. The van der Waals surface area contributed by atoms with Gasteiger partial charge in [0.25, 0.3) is 0 Å². The van der Waals surface area contributed by atoms with Crippen molar-refractivity contribution >= 4 is 9.28 Å². The van der Waals surface area contributed by atoms with E-state index in [0.717, 1.165) is 26.1 Å². The molecule has 21 heavy (non-hydrogen) atoms. The van der Waals surface area contributed by atoms with Gasteiger partial charge in [0.05, 0.1) is 0 Å². The lowest BCUT2D eigenvalue weighted by molar-refractivity contribution is 0.195. The standard InChI is InChI=1S/C18H32O2Si/c1-3-15-19-21(20-16-4-2)17-11-6-5-8-12-18-13-9-7-10-14-18/h7,9-10,13-14,21H,3-6,8,11-12,15-17H2,1-2H3. The maximum atomic E-state index is 5.89. The summed E-state index contributed by atoms with van der Waals surface area (Å²) in [6.45, 7) is 6.06. The summed E-state index contributed by atoms with van der Waals surface area (Å²) in [5, 5.41) is 0. The van der Waals surface area contributed by atoms with E-state index in [1.165, 1.54) is 43.7 Å². The smallest absolute Gasteiger partial charge is 0.321 e. The summed E-state index contributed by atoms with van der Waals surface area (Å²) in [4.78, 5) is 0. The Hall–Kier alpha value is -0.643. The first-order chi connectivity index (χ1) is 10.4. The molecule has 0 atom stereocenters. The Kier molecular flexibility index (Phi) is 11.4. The Labute approximate surface area is 132 Å². The average Bonchev–Trinajstić information content (AvgIpc) is 2.53. The van der Waals surface area contributed by atoms with E-state index in [9.17, 15) is 0 Å². The van der Waals surface area contributed by atoms with E-state index in [1.807, 2.05) is 0 Å². The minimum atomic E-state index is -1.38. The third-order valence-electron chi connectivity index (χ3n) is 3.51. The topological polar surface area (TPSA) is 18.5 Å². The molecular formula is C18H32O2Si. The molecule has 0 aliphatic heterocycles. The van der Waals surface area contributed by atoms with Crippen molar-refractivity contribution in [1.29, 1.82) is 0 Å². The molecule has 0 radical (unpaired) electrons. The second-order valence-electron chi connectivity index (χ2n) is 5.61. The van der Waals surface area contributed by atoms with Crippen molar-refractivity contribution in [2.75, 3.05) is 13.2 Å². The van der Waals surface area contributed by atoms with Gasteiger partial charge in [0.1, 0.15) is 0 Å². The molecule has 3 heteroatoms. The maximum absolute atomic E-state index is 5.89. The van der Waals surface area contributed by atoms with E-state index >= 15 is 0 Å². The van der Waals surface area contributed by atoms with E-state index < -0.39 is 9.28 Å². The van der Waals surface area contributed by atoms with Crippen LogP contribution in [0.25, 0.3) is 0 Å². The molecule has 1 aromatic rings. The first kappa shape index (κ1) is 18.4. The fourth-order valence-electron chi connectivity index (χ4n) is 2.35. The van der Waals surface area contributed by atoms with Crippen LogP contribution in [0.2, 0.25) is 6.04 Å². The van der Waals surface area contributed by atoms with Crippen molar-refractivity contribution in [2.45, 2.75) is 64.8 Å². The number of rotatable bonds is 13. The summed E-state index contributed by atoms with van der Waals surface area (Å²) in [5.74, 6) is 0. The molecule has 0 heterocycles. The van der Waals surface area contributed by atoms with Gasteiger partial charge in [-0.1, -0.05) is 63.4 Å². The second kappa shape index (κ2) is 13.1. The maximum Gasteiger partial charge on any atom is 0.321 e. The van der Waals surface area contributed by atoms with E-state index in [2.05, 4.69) is 44.2 Å². The van der Waals surface area contributed by atoms with Gasteiger partial charge in [-0.3, -0.25) is 0 Å². The van der Waals surface area contributed by atoms with Gasteiger partial charge in [0.2, 0.25) is 0 Å². The Morgan fingerprint density at radius 2 is 1.43 bits per heavy atom. The Morgan fingerprint density at radius 1 is 0.810 bits per heavy atom. The van der Waals surface area contributed by atoms with Gasteiger partial charge < -0.3 is 8.85 Å². The number of hydrogen-bond donors (Lipinski definition) is 0. The molecule has 0 N–H and O–H groups in total. The molecule has 0 aliphatic rings. The van der Waals surface area contributed by atoms with Crippen LogP contribution < -0.4 is 0 Å². The van der Waals surface area contributed by atoms with Crippen LogP contribution in [0.3, 0.4) is 0 Å². The Morgan fingerprint density at radius 3 is 2.05 bits per heavy atom. The number of unbranched alkanes of at least 4 members (excludes halogenated alkanes) is 3. The summed E-state index contributed by atoms with van der Waals surface area (Å²) in [6, 6.07) is 12.0. The molecule has 2 nitrogen and oxygen atoms in total. The molecule has 1 aromatic carbocycles. The Balaban J connectivity index is 2.04. The lowest BCUT2D eigenvalue weighted by atomic mass is 10.1. The van der Waals surface area contributed by atoms with Crippen molar-refractivity contribution < 1.29 is 8.85 Å². The third-order valence-corrected chi connectivity index (χ3v) is 5.61. The highest BCUT2D eigenvalue weighted by molar-refractivity contribution is 6.44. The quantitative estimate of drug-likeness (QED) is 0.382. The number of hydrogen-bond acceptors (Lipinski definition) is 2. The second-order valence-corrected chi connectivity index (χ2v) is 7.71. The molecule has 0 saturated carbocycles. The molecule has 0 saturated heterocycles. The van der Waals surface area contributed by atoms with Crippen LogP contribution >= 0.6 is 0 Å². The fraction of sp³-hybridized carbons (Fsp3) is 0.667. The molecule has 0 aliphatic carbocycles. The fourth-order valence-corrected chi connectivity index (χ4v) is 4.40. The molecule has 0 bridgehead atoms. The minimum Gasteiger partial charge on any atom is -0.397 e. The normalized spacial score (nSPS) is 11.2. The SMILES string of the molecule is CCCO[SiH](CCCCCCc1ccccc1)OCCC. The molecule has 120 valence electrons. The van der Waals surface area contributed by atoms with Crippen LogP contribution in [0.15, 0.2) is 30.3 Å². The lowest BCUT2D eigenvalue weighted by Gasteiger charge is -2.16. The zero-order valence-electron chi connectivity index (χ0n) is 13.9. The molecule has 0 amide bonds. The van der Waals surface area contributed by atoms with Crippen molar-refractivity contribution in [2.24, 2.45) is 0 Å². The molecule has 1 rings (SSSR count). The molecule has 0 fully saturated rings. The van der Waals surface area contributed by atoms with Crippen molar-refractivity contribution in [3.8, 4) is 0 Å². The Bertz CT molecular complexity index is 321. The van der Waals surface area contributed by atoms with Gasteiger partial charge in [-0.25, -0.2) is 0 Å². The van der Waals surface area contributed by atoms with Crippen molar-refractivity contribution in [3.05, 3.63) is 35.9 Å². The van der Waals surface area contributed by atoms with E-state index in [-0.39, 0.29) is 0 Å². The summed E-state index contributed by atoms with van der Waals surface area (Å²) < 4.78 is 11.8. The highest BCUT2D eigenvalue weighted by Crippen LogP contribution is 2.11. The molecule has 0 spiro atoms. The molecular weight excluding hydrogens is 276 g/mol. The van der Waals surface area contributed by atoms with Crippen LogP contribution in [-0.4, -0.2) is 22.5 Å². The largest absolute Gasteiger partial charge is 0.397 e. The van der Waals surface area contributed by atoms with Crippen LogP contribution in [0, 0.1) is 0 Å². The zero-order chi connectivity index (χ0) is 15.2. The van der Waals surface area contributed by atoms with Gasteiger partial charge >= 0.3 is 9.28 Å². The predicted molar refractivity (Wildman–Crippen MR) is 93.1 cm³/mol. The van der Waals surface area contributed by atoms with E-state index in [0.29, 0.717) is 0 Å². The molecule has 0 unspecified atom stereocenters. The van der Waals surface area contributed by atoms with Gasteiger partial charge in [-0.15, -0.1) is 0 Å². The average molecular weight is 309 g/mol. The number of benzene rings is 1.